The number of nitrogens with zero attached hydrogens (tertiary/aromatic N) is 3. The summed E-state index contributed by atoms with van der Waals surface area (Å²) in [6, 6.07) is 9.97. The van der Waals surface area contributed by atoms with Crippen LogP contribution in [-0.2, 0) is 17.9 Å². The molecule has 1 aliphatic heterocycles. The molecule has 2 heterocycles. The van der Waals surface area contributed by atoms with Gasteiger partial charge in [0.25, 0.3) is 5.91 Å². The van der Waals surface area contributed by atoms with Crippen LogP contribution in [0.5, 0.6) is 0 Å². The minimum absolute atomic E-state index is 0.0451. The van der Waals surface area contributed by atoms with E-state index in [9.17, 15) is 9.59 Å². The number of nitrogens with one attached hydrogen (secondary N) is 2. The SMILES string of the molecule is C[NH+](Cc1cnn(Cc2ccccc2)c1)CN1C(=O)NC2(CCCCC2)C1=O. The van der Waals surface area contributed by atoms with E-state index >= 15 is 0 Å². The summed E-state index contributed by atoms with van der Waals surface area (Å²) in [5, 5.41) is 7.42. The quantitative estimate of drug-likeness (QED) is 0.737. The van der Waals surface area contributed by atoms with Crippen LogP contribution in [0.3, 0.4) is 0 Å². The van der Waals surface area contributed by atoms with Crippen LogP contribution in [0.4, 0.5) is 4.79 Å². The third kappa shape index (κ3) is 3.80. The van der Waals surface area contributed by atoms with Crippen molar-refractivity contribution in [1.82, 2.24) is 20.0 Å². The number of amides is 3. The fraction of sp³-hybridized carbons (Fsp3) is 0.476. The second kappa shape index (κ2) is 7.75. The molecule has 1 saturated carbocycles. The molecule has 2 fully saturated rings. The van der Waals surface area contributed by atoms with Crippen LogP contribution in [0.1, 0.15) is 43.2 Å². The fourth-order valence-corrected chi connectivity index (χ4v) is 4.34. The van der Waals surface area contributed by atoms with Crippen molar-refractivity contribution >= 4 is 11.9 Å². The van der Waals surface area contributed by atoms with Crippen LogP contribution in [0, 0.1) is 0 Å². The molecule has 1 aliphatic carbocycles. The van der Waals surface area contributed by atoms with Gasteiger partial charge in [0.2, 0.25) is 0 Å². The predicted molar refractivity (Wildman–Crippen MR) is 104 cm³/mol. The number of imide groups is 1. The maximum Gasteiger partial charge on any atom is 0.329 e. The fourth-order valence-electron chi connectivity index (χ4n) is 4.34. The van der Waals surface area contributed by atoms with E-state index in [0.717, 1.165) is 49.1 Å². The van der Waals surface area contributed by atoms with E-state index in [1.54, 1.807) is 0 Å². The molecular weight excluding hydrogens is 354 g/mol. The number of hydrogen-bond acceptors (Lipinski definition) is 3. The largest absolute Gasteiger partial charge is 0.329 e. The molecule has 28 heavy (non-hydrogen) atoms. The Balaban J connectivity index is 1.35. The highest BCUT2D eigenvalue weighted by Crippen LogP contribution is 2.33. The van der Waals surface area contributed by atoms with Crippen molar-refractivity contribution in [1.29, 1.82) is 0 Å². The molecule has 1 atom stereocenters. The Morgan fingerprint density at radius 3 is 2.61 bits per heavy atom. The van der Waals surface area contributed by atoms with E-state index in [2.05, 4.69) is 22.5 Å². The topological polar surface area (TPSA) is 71.7 Å². The minimum atomic E-state index is -0.643. The summed E-state index contributed by atoms with van der Waals surface area (Å²) in [6.07, 6.45) is 8.57. The molecule has 3 amide bonds. The van der Waals surface area contributed by atoms with Crippen LogP contribution in [0.25, 0.3) is 0 Å². The van der Waals surface area contributed by atoms with Gasteiger partial charge in [0.15, 0.2) is 6.67 Å². The van der Waals surface area contributed by atoms with E-state index in [4.69, 9.17) is 0 Å². The third-order valence-electron chi connectivity index (χ3n) is 5.76. The van der Waals surface area contributed by atoms with Gasteiger partial charge < -0.3 is 10.2 Å². The zero-order valence-corrected chi connectivity index (χ0v) is 16.4. The van der Waals surface area contributed by atoms with Gasteiger partial charge in [0, 0.05) is 11.8 Å². The predicted octanol–water partition coefficient (Wildman–Crippen LogP) is 1.16. The lowest BCUT2D eigenvalue weighted by molar-refractivity contribution is -0.901. The summed E-state index contributed by atoms with van der Waals surface area (Å²) in [6.45, 7) is 1.81. The monoisotopic (exact) mass is 382 g/mol. The van der Waals surface area contributed by atoms with Gasteiger partial charge in [0.1, 0.15) is 12.1 Å². The van der Waals surface area contributed by atoms with Crippen molar-refractivity contribution in [2.75, 3.05) is 13.7 Å². The van der Waals surface area contributed by atoms with Crippen LogP contribution in [-0.4, -0.2) is 45.9 Å². The van der Waals surface area contributed by atoms with Crippen LogP contribution in [0.2, 0.25) is 0 Å². The van der Waals surface area contributed by atoms with Gasteiger partial charge >= 0.3 is 6.03 Å². The molecule has 1 spiro atoms. The number of benzene rings is 1. The molecule has 1 aromatic heterocycles. The number of hydrogen-bond donors (Lipinski definition) is 2. The zero-order chi connectivity index (χ0) is 19.6. The average molecular weight is 382 g/mol. The van der Waals surface area contributed by atoms with Crippen molar-refractivity contribution in [3.05, 3.63) is 53.9 Å². The van der Waals surface area contributed by atoms with Crippen LogP contribution < -0.4 is 10.2 Å². The van der Waals surface area contributed by atoms with Gasteiger partial charge in [-0.3, -0.25) is 9.48 Å². The number of aromatic nitrogens is 2. The molecule has 1 saturated heterocycles. The standard InChI is InChI=1S/C21H27N5O2/c1-24(13-18-12-22-25(15-18)14-17-8-4-2-5-9-17)16-26-19(27)21(23-20(26)28)10-6-3-7-11-21/h2,4-5,8-9,12,15H,3,6-7,10-11,13-14,16H2,1H3,(H,23,28)/p+1. The van der Waals surface area contributed by atoms with E-state index in [-0.39, 0.29) is 11.9 Å². The number of quaternary nitrogens is 1. The Labute approximate surface area is 165 Å². The second-order valence-corrected chi connectivity index (χ2v) is 8.13. The first-order chi connectivity index (χ1) is 13.6. The molecule has 2 aliphatic rings. The molecule has 1 aromatic carbocycles. The average Bonchev–Trinajstić information content (AvgIpc) is 3.21. The van der Waals surface area contributed by atoms with Gasteiger partial charge in [-0.05, 0) is 18.4 Å². The molecule has 0 bridgehead atoms. The normalized spacial score (nSPS) is 19.8. The Kier molecular flexibility index (Phi) is 5.17. The molecular formula is C21H28N5O2+. The first-order valence-corrected chi connectivity index (χ1v) is 10.1. The summed E-state index contributed by atoms with van der Waals surface area (Å²) in [7, 11) is 2.00. The van der Waals surface area contributed by atoms with E-state index in [1.807, 2.05) is 42.3 Å². The molecule has 148 valence electrons. The van der Waals surface area contributed by atoms with E-state index in [1.165, 1.54) is 10.5 Å². The van der Waals surface area contributed by atoms with Gasteiger partial charge in [-0.1, -0.05) is 49.6 Å². The number of carbonyl (C=O) groups excluding carboxylic acids is 2. The molecule has 7 nitrogen and oxygen atoms in total. The minimum Gasteiger partial charge on any atom is -0.323 e. The molecule has 4 rings (SSSR count). The smallest absolute Gasteiger partial charge is 0.323 e. The molecule has 1 unspecified atom stereocenters. The summed E-state index contributed by atoms with van der Waals surface area (Å²) < 4.78 is 1.92. The lowest BCUT2D eigenvalue weighted by atomic mass is 9.82. The van der Waals surface area contributed by atoms with Crippen molar-refractivity contribution in [3.63, 3.8) is 0 Å². The molecule has 0 radical (unpaired) electrons. The Bertz CT molecular complexity index is 841. The summed E-state index contributed by atoms with van der Waals surface area (Å²) in [5.74, 6) is -0.0451. The molecule has 7 heteroatoms. The van der Waals surface area contributed by atoms with Crippen molar-refractivity contribution < 1.29 is 14.5 Å². The second-order valence-electron chi connectivity index (χ2n) is 8.13. The maximum atomic E-state index is 12.9. The number of urea groups is 1. The lowest BCUT2D eigenvalue weighted by Crippen LogP contribution is -3.09. The number of rotatable bonds is 6. The first-order valence-electron chi connectivity index (χ1n) is 10.1. The number of carbonyl (C=O) groups is 2. The Morgan fingerprint density at radius 1 is 1.11 bits per heavy atom. The van der Waals surface area contributed by atoms with Crippen LogP contribution in [0.15, 0.2) is 42.7 Å². The van der Waals surface area contributed by atoms with Gasteiger partial charge in [-0.2, -0.15) is 5.10 Å². The summed E-state index contributed by atoms with van der Waals surface area (Å²) in [4.78, 5) is 27.8. The van der Waals surface area contributed by atoms with Gasteiger partial charge in [-0.25, -0.2) is 9.69 Å². The van der Waals surface area contributed by atoms with Gasteiger partial charge in [0.05, 0.1) is 19.8 Å². The maximum absolute atomic E-state index is 12.9. The van der Waals surface area contributed by atoms with Crippen molar-refractivity contribution in [2.24, 2.45) is 0 Å². The lowest BCUT2D eigenvalue weighted by Gasteiger charge is -2.30. The molecule has 2 N–H and O–H groups in total. The first kappa shape index (κ1) is 18.7. The zero-order valence-electron chi connectivity index (χ0n) is 16.4. The summed E-state index contributed by atoms with van der Waals surface area (Å²) >= 11 is 0. The van der Waals surface area contributed by atoms with Crippen molar-refractivity contribution in [2.45, 2.75) is 50.7 Å². The van der Waals surface area contributed by atoms with E-state index in [0.29, 0.717) is 13.2 Å². The van der Waals surface area contributed by atoms with Crippen molar-refractivity contribution in [3.8, 4) is 0 Å². The van der Waals surface area contributed by atoms with Gasteiger partial charge in [-0.15, -0.1) is 0 Å². The summed E-state index contributed by atoms with van der Waals surface area (Å²) in [5.41, 5.74) is 1.65. The Morgan fingerprint density at radius 2 is 1.86 bits per heavy atom. The molecule has 2 aromatic rings. The highest BCUT2D eigenvalue weighted by atomic mass is 16.2. The third-order valence-corrected chi connectivity index (χ3v) is 5.76. The highest BCUT2D eigenvalue weighted by molar-refractivity contribution is 6.06. The van der Waals surface area contributed by atoms with Crippen LogP contribution >= 0.6 is 0 Å². The van der Waals surface area contributed by atoms with E-state index < -0.39 is 5.54 Å². The Hall–Kier alpha value is -2.67. The highest BCUT2D eigenvalue weighted by Gasteiger charge is 2.52.